The summed E-state index contributed by atoms with van der Waals surface area (Å²) >= 11 is 12.0. The van der Waals surface area contributed by atoms with Gasteiger partial charge in [-0.3, -0.25) is 13.9 Å². The smallest absolute Gasteiger partial charge is 0.242 e. The minimum atomic E-state index is -3.59. The number of amides is 2. The number of hydrogen-bond donors (Lipinski definition) is 1. The monoisotopic (exact) mass is 513 g/mol. The number of nitrogens with zero attached hydrogens (tertiary/aromatic N) is 2. The van der Waals surface area contributed by atoms with Crippen LogP contribution in [0.3, 0.4) is 0 Å². The molecule has 2 aromatic carbocycles. The van der Waals surface area contributed by atoms with Crippen LogP contribution in [0.4, 0.5) is 5.69 Å². The van der Waals surface area contributed by atoms with Gasteiger partial charge in [0.25, 0.3) is 0 Å². The third kappa shape index (κ3) is 7.62. The lowest BCUT2D eigenvalue weighted by Crippen LogP contribution is -2.46. The van der Waals surface area contributed by atoms with Crippen LogP contribution in [0.1, 0.15) is 30.9 Å². The molecule has 2 aromatic rings. The van der Waals surface area contributed by atoms with Gasteiger partial charge in [-0.1, -0.05) is 41.4 Å². The molecule has 10 heteroatoms. The van der Waals surface area contributed by atoms with Crippen molar-refractivity contribution < 1.29 is 18.0 Å². The molecule has 0 bridgehead atoms. The molecule has 0 aliphatic heterocycles. The number of benzene rings is 2. The number of carbonyl (C=O) groups excluding carboxylic acids is 2. The van der Waals surface area contributed by atoms with Gasteiger partial charge in [-0.2, -0.15) is 0 Å². The molecule has 180 valence electrons. The first-order valence-electron chi connectivity index (χ1n) is 10.4. The van der Waals surface area contributed by atoms with E-state index >= 15 is 0 Å². The number of sulfonamides is 1. The largest absolute Gasteiger partial charge is 0.357 e. The second kappa shape index (κ2) is 11.7. The lowest BCUT2D eigenvalue weighted by molar-refractivity contribution is -0.140. The normalized spacial score (nSPS) is 12.2. The van der Waals surface area contributed by atoms with E-state index in [0.717, 1.165) is 17.4 Å². The van der Waals surface area contributed by atoms with E-state index in [2.05, 4.69) is 5.32 Å². The predicted octanol–water partition coefficient (Wildman–Crippen LogP) is 4.01. The quantitative estimate of drug-likeness (QED) is 0.519. The van der Waals surface area contributed by atoms with Gasteiger partial charge in [0.1, 0.15) is 6.04 Å². The fraction of sp³-hybridized carbons (Fsp3) is 0.391. The van der Waals surface area contributed by atoms with E-state index in [9.17, 15) is 18.0 Å². The van der Waals surface area contributed by atoms with Crippen molar-refractivity contribution >= 4 is 50.7 Å². The van der Waals surface area contributed by atoms with Crippen LogP contribution in [0.2, 0.25) is 10.0 Å². The average Bonchev–Trinajstić information content (AvgIpc) is 2.76. The first-order chi connectivity index (χ1) is 15.4. The molecule has 0 heterocycles. The molecule has 0 unspecified atom stereocenters. The van der Waals surface area contributed by atoms with E-state index in [1.54, 1.807) is 56.3 Å². The zero-order chi connectivity index (χ0) is 24.8. The Morgan fingerprint density at radius 2 is 1.67 bits per heavy atom. The molecule has 0 fully saturated rings. The Hall–Kier alpha value is -2.29. The van der Waals surface area contributed by atoms with Crippen molar-refractivity contribution in [1.29, 1.82) is 0 Å². The molecule has 7 nitrogen and oxygen atoms in total. The highest BCUT2D eigenvalue weighted by molar-refractivity contribution is 7.92. The number of carbonyl (C=O) groups is 2. The third-order valence-electron chi connectivity index (χ3n) is 5.27. The molecule has 0 spiro atoms. The topological polar surface area (TPSA) is 86.8 Å². The van der Waals surface area contributed by atoms with Crippen molar-refractivity contribution in [3.05, 3.63) is 63.6 Å². The molecule has 0 aromatic heterocycles. The average molecular weight is 514 g/mol. The van der Waals surface area contributed by atoms with Gasteiger partial charge >= 0.3 is 0 Å². The highest BCUT2D eigenvalue weighted by Gasteiger charge is 2.26. The summed E-state index contributed by atoms with van der Waals surface area (Å²) in [5.41, 5.74) is 2.07. The Balaban J connectivity index is 2.17. The minimum Gasteiger partial charge on any atom is -0.357 e. The van der Waals surface area contributed by atoms with Crippen molar-refractivity contribution in [1.82, 2.24) is 10.2 Å². The molecule has 1 atom stereocenters. The van der Waals surface area contributed by atoms with Crippen LogP contribution in [-0.4, -0.2) is 51.0 Å². The summed E-state index contributed by atoms with van der Waals surface area (Å²) in [5, 5.41) is 3.57. The van der Waals surface area contributed by atoms with Crippen molar-refractivity contribution in [2.24, 2.45) is 0 Å². The summed E-state index contributed by atoms with van der Waals surface area (Å²) in [5.74, 6) is -0.540. The Morgan fingerprint density at radius 1 is 1.06 bits per heavy atom. The summed E-state index contributed by atoms with van der Waals surface area (Å²) in [7, 11) is -2.07. The lowest BCUT2D eigenvalue weighted by Gasteiger charge is -2.29. The fourth-order valence-electron chi connectivity index (χ4n) is 3.41. The zero-order valence-electron chi connectivity index (χ0n) is 19.1. The summed E-state index contributed by atoms with van der Waals surface area (Å²) in [6.07, 6.45) is 1.46. The maximum Gasteiger partial charge on any atom is 0.242 e. The molecule has 2 amide bonds. The maximum atomic E-state index is 13.1. The Kier molecular flexibility index (Phi) is 9.57. The van der Waals surface area contributed by atoms with Gasteiger partial charge in [0.15, 0.2) is 0 Å². The van der Waals surface area contributed by atoms with Crippen LogP contribution in [0.15, 0.2) is 42.5 Å². The lowest BCUT2D eigenvalue weighted by atomic mass is 10.1. The molecule has 0 saturated heterocycles. The molecule has 33 heavy (non-hydrogen) atoms. The third-order valence-corrected chi connectivity index (χ3v) is 6.94. The highest BCUT2D eigenvalue weighted by Crippen LogP contribution is 2.27. The number of aryl methyl sites for hydroxylation is 1. The van der Waals surface area contributed by atoms with Gasteiger partial charge in [-0.05, 0) is 55.7 Å². The van der Waals surface area contributed by atoms with E-state index in [1.807, 2.05) is 0 Å². The predicted molar refractivity (Wildman–Crippen MR) is 133 cm³/mol. The number of rotatable bonds is 10. The number of nitrogens with one attached hydrogen (secondary N) is 1. The first-order valence-corrected chi connectivity index (χ1v) is 13.0. The molecule has 0 aliphatic rings. The number of likely N-dealkylation sites (N-methyl/N-ethyl adjacent to an activating group) is 1. The highest BCUT2D eigenvalue weighted by atomic mass is 35.5. The molecule has 0 saturated carbocycles. The zero-order valence-corrected chi connectivity index (χ0v) is 21.5. The van der Waals surface area contributed by atoms with Crippen molar-refractivity contribution in [3.63, 3.8) is 0 Å². The van der Waals surface area contributed by atoms with Crippen LogP contribution in [-0.2, 0) is 26.2 Å². The van der Waals surface area contributed by atoms with Crippen molar-refractivity contribution in [2.45, 2.75) is 39.3 Å². The molecular weight excluding hydrogens is 485 g/mol. The van der Waals surface area contributed by atoms with E-state index in [1.165, 1.54) is 16.3 Å². The molecule has 0 radical (unpaired) electrons. The van der Waals surface area contributed by atoms with E-state index in [4.69, 9.17) is 23.2 Å². The summed E-state index contributed by atoms with van der Waals surface area (Å²) in [4.78, 5) is 26.8. The minimum absolute atomic E-state index is 0.0700. The number of hydrogen-bond acceptors (Lipinski definition) is 4. The standard InChI is InChI=1S/C23H29Cl2N3O4S/c1-16-7-10-20(25)14-21(16)28(33(4,31)32)13-5-6-22(29)27(17(2)23(30)26-3)15-18-8-11-19(24)12-9-18/h7-12,14,17H,5-6,13,15H2,1-4H3,(H,26,30)/t17-/m0/s1. The van der Waals surface area contributed by atoms with Gasteiger partial charge in [-0.15, -0.1) is 0 Å². The fourth-order valence-corrected chi connectivity index (χ4v) is 4.72. The summed E-state index contributed by atoms with van der Waals surface area (Å²) < 4.78 is 26.1. The summed E-state index contributed by atoms with van der Waals surface area (Å²) in [6.45, 7) is 3.79. The first kappa shape index (κ1) is 27.0. The van der Waals surface area contributed by atoms with Crippen LogP contribution in [0, 0.1) is 6.92 Å². The van der Waals surface area contributed by atoms with Crippen LogP contribution in [0.5, 0.6) is 0 Å². The van der Waals surface area contributed by atoms with Gasteiger partial charge in [-0.25, -0.2) is 8.42 Å². The Labute approximate surface area is 205 Å². The molecular formula is C23H29Cl2N3O4S. The van der Waals surface area contributed by atoms with Gasteiger partial charge in [0.2, 0.25) is 21.8 Å². The number of anilines is 1. The molecule has 2 rings (SSSR count). The van der Waals surface area contributed by atoms with Gasteiger partial charge < -0.3 is 10.2 Å². The van der Waals surface area contributed by atoms with Crippen molar-refractivity contribution in [3.8, 4) is 0 Å². The van der Waals surface area contributed by atoms with Crippen molar-refractivity contribution in [2.75, 3.05) is 24.2 Å². The summed E-state index contributed by atoms with van der Waals surface area (Å²) in [6, 6.07) is 11.4. The van der Waals surface area contributed by atoms with Gasteiger partial charge in [0.05, 0.1) is 11.9 Å². The van der Waals surface area contributed by atoms with Crippen LogP contribution in [0.25, 0.3) is 0 Å². The van der Waals surface area contributed by atoms with E-state index < -0.39 is 16.1 Å². The Bertz CT molecular complexity index is 1090. The van der Waals surface area contributed by atoms with Gasteiger partial charge in [0, 0.05) is 36.6 Å². The second-order valence-electron chi connectivity index (χ2n) is 7.81. The Morgan fingerprint density at radius 3 is 2.24 bits per heavy atom. The van der Waals surface area contributed by atoms with E-state index in [0.29, 0.717) is 15.7 Å². The van der Waals surface area contributed by atoms with Crippen LogP contribution >= 0.6 is 23.2 Å². The molecule has 0 aliphatic carbocycles. The van der Waals surface area contributed by atoms with E-state index in [-0.39, 0.29) is 37.7 Å². The second-order valence-corrected chi connectivity index (χ2v) is 10.6. The van der Waals surface area contributed by atoms with Crippen LogP contribution < -0.4 is 9.62 Å². The molecule has 1 N–H and O–H groups in total. The number of halogens is 2. The maximum absolute atomic E-state index is 13.1. The SMILES string of the molecule is CNC(=O)[C@H](C)N(Cc1ccc(Cl)cc1)C(=O)CCCN(c1cc(Cl)ccc1C)S(C)(=O)=O.